The predicted octanol–water partition coefficient (Wildman–Crippen LogP) is 4.42. The van der Waals surface area contributed by atoms with E-state index < -0.39 is 5.82 Å². The first-order valence-electron chi connectivity index (χ1n) is 6.24. The first-order valence-corrected chi connectivity index (χ1v) is 7.23. The van der Waals surface area contributed by atoms with Crippen LogP contribution in [0.2, 0.25) is 0 Å². The Kier molecular flexibility index (Phi) is 5.07. The summed E-state index contributed by atoms with van der Waals surface area (Å²) in [5, 5.41) is 12.4. The number of para-hydroxylation sites is 1. The number of aromatic hydroxyl groups is 1. The van der Waals surface area contributed by atoms with Crippen LogP contribution in [0.3, 0.4) is 0 Å². The molecular formula is C16H16FNOS. The summed E-state index contributed by atoms with van der Waals surface area (Å²) in [6, 6.07) is 12.4. The van der Waals surface area contributed by atoms with Gasteiger partial charge in [-0.05, 0) is 29.8 Å². The maximum atomic E-state index is 13.3. The molecule has 2 aromatic rings. The van der Waals surface area contributed by atoms with E-state index in [0.29, 0.717) is 6.54 Å². The molecule has 0 fully saturated rings. The Balaban J connectivity index is 2.06. The SMILES string of the molecule is C=CCSc1ccccc1NCc1ccc(O)c(F)c1. The second kappa shape index (κ2) is 7.01. The molecule has 0 spiro atoms. The van der Waals surface area contributed by atoms with Gasteiger partial charge < -0.3 is 10.4 Å². The van der Waals surface area contributed by atoms with Gasteiger partial charge in [-0.3, -0.25) is 0 Å². The van der Waals surface area contributed by atoms with E-state index in [1.807, 2.05) is 30.3 Å². The molecule has 0 unspecified atom stereocenters. The van der Waals surface area contributed by atoms with Gasteiger partial charge in [0.15, 0.2) is 11.6 Å². The molecule has 2 aromatic carbocycles. The van der Waals surface area contributed by atoms with Crippen molar-refractivity contribution < 1.29 is 9.50 Å². The highest BCUT2D eigenvalue weighted by molar-refractivity contribution is 7.99. The summed E-state index contributed by atoms with van der Waals surface area (Å²) in [5.41, 5.74) is 1.79. The minimum Gasteiger partial charge on any atom is -0.505 e. The number of phenolic OH excluding ortho intramolecular Hbond substituents is 1. The molecular weight excluding hydrogens is 273 g/mol. The van der Waals surface area contributed by atoms with E-state index in [2.05, 4.69) is 11.9 Å². The van der Waals surface area contributed by atoms with Crippen molar-refractivity contribution >= 4 is 17.4 Å². The number of benzene rings is 2. The lowest BCUT2D eigenvalue weighted by atomic mass is 10.2. The Hall–Kier alpha value is -1.94. The molecule has 0 heterocycles. The van der Waals surface area contributed by atoms with E-state index in [9.17, 15) is 4.39 Å². The Labute approximate surface area is 122 Å². The Bertz CT molecular complexity index is 601. The van der Waals surface area contributed by atoms with E-state index in [1.165, 1.54) is 12.1 Å². The van der Waals surface area contributed by atoms with Crippen LogP contribution < -0.4 is 5.32 Å². The molecule has 0 aromatic heterocycles. The number of thioether (sulfide) groups is 1. The zero-order valence-electron chi connectivity index (χ0n) is 11.0. The topological polar surface area (TPSA) is 32.3 Å². The van der Waals surface area contributed by atoms with Crippen LogP contribution in [0, 0.1) is 5.82 Å². The van der Waals surface area contributed by atoms with Gasteiger partial charge in [0.25, 0.3) is 0 Å². The third-order valence-electron chi connectivity index (χ3n) is 2.74. The standard InChI is InChI=1S/C16H16FNOS/c1-2-9-20-16-6-4-3-5-14(16)18-11-12-7-8-15(19)13(17)10-12/h2-8,10,18-19H,1,9,11H2. The van der Waals surface area contributed by atoms with Crippen molar-refractivity contribution in [2.75, 3.05) is 11.1 Å². The Morgan fingerprint density at radius 2 is 2.05 bits per heavy atom. The normalized spacial score (nSPS) is 10.2. The number of hydrogen-bond acceptors (Lipinski definition) is 3. The zero-order chi connectivity index (χ0) is 14.4. The van der Waals surface area contributed by atoms with Gasteiger partial charge in [0.1, 0.15) is 0 Å². The smallest absolute Gasteiger partial charge is 0.165 e. The van der Waals surface area contributed by atoms with E-state index in [-0.39, 0.29) is 5.75 Å². The van der Waals surface area contributed by atoms with Gasteiger partial charge in [-0.1, -0.05) is 24.3 Å². The molecule has 2 N–H and O–H groups in total. The summed E-state index contributed by atoms with van der Waals surface area (Å²) in [6.45, 7) is 4.21. The van der Waals surface area contributed by atoms with Crippen LogP contribution in [-0.4, -0.2) is 10.9 Å². The molecule has 104 valence electrons. The summed E-state index contributed by atoms with van der Waals surface area (Å²) in [4.78, 5) is 1.13. The largest absolute Gasteiger partial charge is 0.505 e. The summed E-state index contributed by atoms with van der Waals surface area (Å²) < 4.78 is 13.3. The number of anilines is 1. The van der Waals surface area contributed by atoms with Crippen molar-refractivity contribution in [2.45, 2.75) is 11.4 Å². The highest BCUT2D eigenvalue weighted by Crippen LogP contribution is 2.27. The average molecular weight is 289 g/mol. The molecule has 0 aliphatic rings. The molecule has 0 aliphatic carbocycles. The van der Waals surface area contributed by atoms with Gasteiger partial charge in [-0.15, -0.1) is 18.3 Å². The quantitative estimate of drug-likeness (QED) is 0.610. The first kappa shape index (κ1) is 14.5. The van der Waals surface area contributed by atoms with Gasteiger partial charge in [-0.2, -0.15) is 0 Å². The summed E-state index contributed by atoms with van der Waals surface area (Å²) in [6.07, 6.45) is 1.86. The third-order valence-corrected chi connectivity index (χ3v) is 3.81. The number of nitrogens with one attached hydrogen (secondary N) is 1. The Morgan fingerprint density at radius 3 is 2.80 bits per heavy atom. The van der Waals surface area contributed by atoms with E-state index >= 15 is 0 Å². The fourth-order valence-corrected chi connectivity index (χ4v) is 2.51. The number of halogens is 1. The summed E-state index contributed by atoms with van der Waals surface area (Å²) >= 11 is 1.69. The molecule has 0 saturated heterocycles. The minimum atomic E-state index is -0.599. The molecule has 0 atom stereocenters. The highest BCUT2D eigenvalue weighted by Gasteiger charge is 2.04. The van der Waals surface area contributed by atoms with Crippen molar-refractivity contribution in [3.63, 3.8) is 0 Å². The molecule has 0 saturated carbocycles. The maximum Gasteiger partial charge on any atom is 0.165 e. The molecule has 0 bridgehead atoms. The number of phenols is 1. The van der Waals surface area contributed by atoms with Crippen LogP contribution in [0.5, 0.6) is 5.75 Å². The summed E-state index contributed by atoms with van der Waals surface area (Å²) in [5.74, 6) is -0.0821. The summed E-state index contributed by atoms with van der Waals surface area (Å²) in [7, 11) is 0. The number of hydrogen-bond donors (Lipinski definition) is 2. The third kappa shape index (κ3) is 3.78. The maximum absolute atomic E-state index is 13.3. The molecule has 20 heavy (non-hydrogen) atoms. The van der Waals surface area contributed by atoms with Crippen LogP contribution in [0.4, 0.5) is 10.1 Å². The fourth-order valence-electron chi connectivity index (χ4n) is 1.74. The van der Waals surface area contributed by atoms with Crippen molar-refractivity contribution in [1.29, 1.82) is 0 Å². The minimum absolute atomic E-state index is 0.323. The molecule has 0 aliphatic heterocycles. The lowest BCUT2D eigenvalue weighted by Crippen LogP contribution is -2.01. The fraction of sp³-hybridized carbons (Fsp3) is 0.125. The number of rotatable bonds is 6. The van der Waals surface area contributed by atoms with Crippen LogP contribution in [0.25, 0.3) is 0 Å². The van der Waals surface area contributed by atoms with E-state index in [4.69, 9.17) is 5.11 Å². The van der Waals surface area contributed by atoms with Crippen LogP contribution >= 0.6 is 11.8 Å². The van der Waals surface area contributed by atoms with E-state index in [0.717, 1.165) is 21.9 Å². The second-order valence-electron chi connectivity index (χ2n) is 4.24. The highest BCUT2D eigenvalue weighted by atomic mass is 32.2. The lowest BCUT2D eigenvalue weighted by Gasteiger charge is -2.11. The van der Waals surface area contributed by atoms with Gasteiger partial charge in [-0.25, -0.2) is 4.39 Å². The van der Waals surface area contributed by atoms with Crippen LogP contribution in [-0.2, 0) is 6.54 Å². The van der Waals surface area contributed by atoms with Gasteiger partial charge in [0, 0.05) is 22.9 Å². The zero-order valence-corrected chi connectivity index (χ0v) is 11.8. The molecule has 0 amide bonds. The van der Waals surface area contributed by atoms with Gasteiger partial charge in [0.2, 0.25) is 0 Å². The molecule has 2 nitrogen and oxygen atoms in total. The van der Waals surface area contributed by atoms with Crippen LogP contribution in [0.15, 0.2) is 60.0 Å². The monoisotopic (exact) mass is 289 g/mol. The molecule has 4 heteroatoms. The first-order chi connectivity index (χ1) is 9.70. The van der Waals surface area contributed by atoms with Crippen molar-refractivity contribution in [2.24, 2.45) is 0 Å². The average Bonchev–Trinajstić information content (AvgIpc) is 2.47. The van der Waals surface area contributed by atoms with Crippen molar-refractivity contribution in [3.8, 4) is 5.75 Å². The van der Waals surface area contributed by atoms with Crippen LogP contribution in [0.1, 0.15) is 5.56 Å². The second-order valence-corrected chi connectivity index (χ2v) is 5.30. The lowest BCUT2D eigenvalue weighted by molar-refractivity contribution is 0.432. The van der Waals surface area contributed by atoms with Crippen molar-refractivity contribution in [1.82, 2.24) is 0 Å². The molecule has 0 radical (unpaired) electrons. The predicted molar refractivity (Wildman–Crippen MR) is 82.8 cm³/mol. The Morgan fingerprint density at radius 1 is 1.25 bits per heavy atom. The van der Waals surface area contributed by atoms with Crippen molar-refractivity contribution in [3.05, 3.63) is 66.5 Å². The van der Waals surface area contributed by atoms with Gasteiger partial charge in [0.05, 0.1) is 0 Å². The molecule has 2 rings (SSSR count). The van der Waals surface area contributed by atoms with E-state index in [1.54, 1.807) is 17.8 Å². The van der Waals surface area contributed by atoms with Gasteiger partial charge >= 0.3 is 0 Å².